The average molecular weight is 391 g/mol. The fourth-order valence-electron chi connectivity index (χ4n) is 2.99. The van der Waals surface area contributed by atoms with Gasteiger partial charge in [-0.2, -0.15) is 0 Å². The molecule has 0 spiro atoms. The molecular weight excluding hydrogens is 370 g/mol. The number of benzene rings is 3. The SMILES string of the molecule is COc1cc(NC(=O)/C(C)=C/c2ccc3ccccc3c2)c(C(=O)O)cc1OC. The molecule has 0 radical (unpaired) electrons. The molecule has 0 fully saturated rings. The Balaban J connectivity index is 1.90. The van der Waals surface area contributed by atoms with Gasteiger partial charge in [0, 0.05) is 17.7 Å². The lowest BCUT2D eigenvalue weighted by Gasteiger charge is -2.14. The molecule has 3 aromatic carbocycles. The van der Waals surface area contributed by atoms with Gasteiger partial charge in [0.2, 0.25) is 0 Å². The number of carboxylic acid groups (broad SMARTS) is 1. The van der Waals surface area contributed by atoms with Crippen molar-refractivity contribution in [3.63, 3.8) is 0 Å². The van der Waals surface area contributed by atoms with Crippen LogP contribution < -0.4 is 14.8 Å². The van der Waals surface area contributed by atoms with Crippen LogP contribution in [-0.4, -0.2) is 31.2 Å². The zero-order chi connectivity index (χ0) is 21.0. The van der Waals surface area contributed by atoms with Gasteiger partial charge in [0.25, 0.3) is 5.91 Å². The molecule has 0 aliphatic carbocycles. The molecule has 0 aliphatic rings. The Morgan fingerprint density at radius 1 is 0.931 bits per heavy atom. The van der Waals surface area contributed by atoms with Crippen LogP contribution in [-0.2, 0) is 4.79 Å². The molecule has 0 saturated carbocycles. The first-order valence-corrected chi connectivity index (χ1v) is 8.90. The van der Waals surface area contributed by atoms with Crippen molar-refractivity contribution in [2.75, 3.05) is 19.5 Å². The maximum atomic E-state index is 12.7. The molecule has 0 heterocycles. The fourth-order valence-corrected chi connectivity index (χ4v) is 2.99. The number of fused-ring (bicyclic) bond motifs is 1. The van der Waals surface area contributed by atoms with E-state index in [-0.39, 0.29) is 17.0 Å². The third kappa shape index (κ3) is 4.38. The fraction of sp³-hybridized carbons (Fsp3) is 0.130. The Hall–Kier alpha value is -3.80. The second-order valence-electron chi connectivity index (χ2n) is 6.45. The van der Waals surface area contributed by atoms with Crippen molar-refractivity contribution in [2.24, 2.45) is 0 Å². The molecule has 0 aliphatic heterocycles. The van der Waals surface area contributed by atoms with Crippen molar-refractivity contribution < 1.29 is 24.2 Å². The van der Waals surface area contributed by atoms with Gasteiger partial charge in [-0.15, -0.1) is 0 Å². The number of carbonyl (C=O) groups is 2. The first-order chi connectivity index (χ1) is 13.9. The number of anilines is 1. The smallest absolute Gasteiger partial charge is 0.337 e. The van der Waals surface area contributed by atoms with E-state index in [2.05, 4.69) is 5.32 Å². The number of ether oxygens (including phenoxy) is 2. The average Bonchev–Trinajstić information content (AvgIpc) is 2.72. The van der Waals surface area contributed by atoms with Crippen molar-refractivity contribution in [1.29, 1.82) is 0 Å². The van der Waals surface area contributed by atoms with E-state index in [9.17, 15) is 14.7 Å². The van der Waals surface area contributed by atoms with Gasteiger partial charge in [-0.1, -0.05) is 36.4 Å². The van der Waals surface area contributed by atoms with Crippen LogP contribution >= 0.6 is 0 Å². The van der Waals surface area contributed by atoms with Gasteiger partial charge >= 0.3 is 5.97 Å². The van der Waals surface area contributed by atoms with E-state index in [0.717, 1.165) is 16.3 Å². The predicted octanol–water partition coefficient (Wildman–Crippen LogP) is 4.60. The second-order valence-corrected chi connectivity index (χ2v) is 6.45. The summed E-state index contributed by atoms with van der Waals surface area (Å²) in [6.45, 7) is 1.67. The number of rotatable bonds is 6. The quantitative estimate of drug-likeness (QED) is 0.600. The van der Waals surface area contributed by atoms with Crippen molar-refractivity contribution in [3.8, 4) is 11.5 Å². The number of hydrogen-bond donors (Lipinski definition) is 2. The first-order valence-electron chi connectivity index (χ1n) is 8.90. The van der Waals surface area contributed by atoms with E-state index in [0.29, 0.717) is 11.3 Å². The summed E-state index contributed by atoms with van der Waals surface area (Å²) < 4.78 is 10.3. The molecule has 6 heteroatoms. The van der Waals surface area contributed by atoms with Crippen molar-refractivity contribution >= 4 is 34.4 Å². The monoisotopic (exact) mass is 391 g/mol. The van der Waals surface area contributed by atoms with E-state index in [1.165, 1.54) is 26.4 Å². The van der Waals surface area contributed by atoms with Crippen LogP contribution in [0.2, 0.25) is 0 Å². The normalized spacial score (nSPS) is 11.2. The number of carbonyl (C=O) groups excluding carboxylic acids is 1. The van der Waals surface area contributed by atoms with E-state index in [1.807, 2.05) is 42.5 Å². The summed E-state index contributed by atoms with van der Waals surface area (Å²) in [5.41, 5.74) is 1.36. The highest BCUT2D eigenvalue weighted by atomic mass is 16.5. The number of nitrogens with one attached hydrogen (secondary N) is 1. The zero-order valence-electron chi connectivity index (χ0n) is 16.4. The molecule has 0 aromatic heterocycles. The van der Waals surface area contributed by atoms with Crippen LogP contribution in [0.25, 0.3) is 16.8 Å². The maximum absolute atomic E-state index is 12.7. The second kappa shape index (κ2) is 8.48. The Morgan fingerprint density at radius 3 is 2.24 bits per heavy atom. The van der Waals surface area contributed by atoms with Crippen molar-refractivity contribution in [1.82, 2.24) is 0 Å². The van der Waals surface area contributed by atoms with Crippen molar-refractivity contribution in [3.05, 3.63) is 71.3 Å². The number of methoxy groups -OCH3 is 2. The van der Waals surface area contributed by atoms with Crippen LogP contribution in [0.3, 0.4) is 0 Å². The molecule has 6 nitrogen and oxygen atoms in total. The predicted molar refractivity (Wildman–Crippen MR) is 113 cm³/mol. The molecule has 0 unspecified atom stereocenters. The topological polar surface area (TPSA) is 84.9 Å². The molecule has 3 rings (SSSR count). The van der Waals surface area contributed by atoms with Crippen molar-refractivity contribution in [2.45, 2.75) is 6.92 Å². The van der Waals surface area contributed by atoms with Gasteiger partial charge in [-0.3, -0.25) is 4.79 Å². The van der Waals surface area contributed by atoms with Crippen LogP contribution in [0.1, 0.15) is 22.8 Å². The number of hydrogen-bond acceptors (Lipinski definition) is 4. The van der Waals surface area contributed by atoms with Gasteiger partial charge in [-0.05, 0) is 35.4 Å². The van der Waals surface area contributed by atoms with Gasteiger partial charge in [-0.25, -0.2) is 4.79 Å². The third-order valence-electron chi connectivity index (χ3n) is 4.52. The highest BCUT2D eigenvalue weighted by Crippen LogP contribution is 2.33. The van der Waals surface area contributed by atoms with Crippen LogP contribution in [0.15, 0.2) is 60.2 Å². The molecule has 3 aromatic rings. The molecule has 148 valence electrons. The standard InChI is InChI=1S/C23H21NO5/c1-14(10-15-8-9-16-6-4-5-7-17(16)11-15)22(25)24-19-13-21(29-3)20(28-2)12-18(19)23(26)27/h4-13H,1-3H3,(H,24,25)(H,26,27)/b14-10+. The molecule has 0 atom stereocenters. The molecule has 2 N–H and O–H groups in total. The minimum atomic E-state index is -1.18. The summed E-state index contributed by atoms with van der Waals surface area (Å²) in [5.74, 6) is -0.999. The summed E-state index contributed by atoms with van der Waals surface area (Å²) in [4.78, 5) is 24.3. The number of aromatic carboxylic acids is 1. The highest BCUT2D eigenvalue weighted by Gasteiger charge is 2.18. The Kier molecular flexibility index (Phi) is 5.83. The number of amides is 1. The van der Waals surface area contributed by atoms with E-state index in [4.69, 9.17) is 9.47 Å². The lowest BCUT2D eigenvalue weighted by atomic mass is 10.0. The first kappa shape index (κ1) is 19.9. The van der Waals surface area contributed by atoms with Crippen LogP contribution in [0, 0.1) is 0 Å². The van der Waals surface area contributed by atoms with Crippen LogP contribution in [0.5, 0.6) is 11.5 Å². The van der Waals surface area contributed by atoms with Gasteiger partial charge in [0.1, 0.15) is 0 Å². The molecule has 1 amide bonds. The van der Waals surface area contributed by atoms with Gasteiger partial charge in [0.15, 0.2) is 11.5 Å². The lowest BCUT2D eigenvalue weighted by Crippen LogP contribution is -2.16. The van der Waals surface area contributed by atoms with E-state index >= 15 is 0 Å². The molecule has 0 bridgehead atoms. The molecular formula is C23H21NO5. The summed E-state index contributed by atoms with van der Waals surface area (Å²) in [7, 11) is 2.85. The molecule has 0 saturated heterocycles. The largest absolute Gasteiger partial charge is 0.493 e. The van der Waals surface area contributed by atoms with Gasteiger partial charge in [0.05, 0.1) is 25.5 Å². The maximum Gasteiger partial charge on any atom is 0.337 e. The minimum Gasteiger partial charge on any atom is -0.493 e. The summed E-state index contributed by atoms with van der Waals surface area (Å²) in [5, 5.41) is 14.3. The summed E-state index contributed by atoms with van der Waals surface area (Å²) in [6, 6.07) is 16.6. The minimum absolute atomic E-state index is 0.0884. The van der Waals surface area contributed by atoms with Crippen LogP contribution in [0.4, 0.5) is 5.69 Å². The van der Waals surface area contributed by atoms with Gasteiger partial charge < -0.3 is 19.9 Å². The lowest BCUT2D eigenvalue weighted by molar-refractivity contribution is -0.112. The Bertz CT molecular complexity index is 1120. The Morgan fingerprint density at radius 2 is 1.59 bits per heavy atom. The van der Waals surface area contributed by atoms with E-state index < -0.39 is 11.9 Å². The number of carboxylic acids is 1. The highest BCUT2D eigenvalue weighted by molar-refractivity contribution is 6.09. The Labute approximate surface area is 168 Å². The zero-order valence-corrected chi connectivity index (χ0v) is 16.4. The molecule has 29 heavy (non-hydrogen) atoms. The summed E-state index contributed by atoms with van der Waals surface area (Å²) >= 11 is 0. The van der Waals surface area contributed by atoms with E-state index in [1.54, 1.807) is 13.0 Å². The third-order valence-corrected chi connectivity index (χ3v) is 4.52. The summed E-state index contributed by atoms with van der Waals surface area (Å²) in [6.07, 6.45) is 1.75.